The molecule has 0 aliphatic heterocycles. The summed E-state index contributed by atoms with van der Waals surface area (Å²) in [6, 6.07) is 0. The van der Waals surface area contributed by atoms with Crippen LogP contribution in [0.1, 0.15) is 48.2 Å². The molecule has 5 nitrogen and oxygen atoms in total. The SMILES string of the molecule is CCNC(=NCC1(CCOC)CCC1)NCCc1nc(C)c(C)s1.I. The topological polar surface area (TPSA) is 58.5 Å². The third kappa shape index (κ3) is 7.02. The zero-order valence-electron chi connectivity index (χ0n) is 16.0. The number of aromatic nitrogens is 1. The predicted molar refractivity (Wildman–Crippen MR) is 117 cm³/mol. The number of thiazole rings is 1. The van der Waals surface area contributed by atoms with Crippen LogP contribution in [0.4, 0.5) is 0 Å². The van der Waals surface area contributed by atoms with Crippen molar-refractivity contribution in [3.05, 3.63) is 15.6 Å². The van der Waals surface area contributed by atoms with Gasteiger partial charge in [-0.1, -0.05) is 6.42 Å². The highest BCUT2D eigenvalue weighted by Gasteiger charge is 2.36. The number of guanidine groups is 1. The zero-order valence-corrected chi connectivity index (χ0v) is 19.1. The average Bonchev–Trinajstić information content (AvgIpc) is 2.84. The van der Waals surface area contributed by atoms with Crippen LogP contribution in [-0.4, -0.2) is 44.3 Å². The number of nitrogens with zero attached hydrogens (tertiary/aromatic N) is 2. The summed E-state index contributed by atoms with van der Waals surface area (Å²) in [4.78, 5) is 10.8. The van der Waals surface area contributed by atoms with Crippen molar-refractivity contribution < 1.29 is 4.74 Å². The summed E-state index contributed by atoms with van der Waals surface area (Å²) in [5.41, 5.74) is 1.52. The number of hydrogen-bond acceptors (Lipinski definition) is 4. The van der Waals surface area contributed by atoms with Crippen molar-refractivity contribution >= 4 is 41.3 Å². The standard InChI is InChI=1S/C18H32N4OS.HI/c1-5-19-17(20-11-7-16-22-14(2)15(3)24-16)21-13-18(8-6-9-18)10-12-23-4;/h5-13H2,1-4H3,(H2,19,20,21);1H. The summed E-state index contributed by atoms with van der Waals surface area (Å²) in [5, 5.41) is 8.00. The summed E-state index contributed by atoms with van der Waals surface area (Å²) in [7, 11) is 1.78. The predicted octanol–water partition coefficient (Wildman–Crippen LogP) is 3.68. The van der Waals surface area contributed by atoms with Crippen LogP contribution < -0.4 is 10.6 Å². The van der Waals surface area contributed by atoms with Gasteiger partial charge in [-0.3, -0.25) is 4.99 Å². The van der Waals surface area contributed by atoms with E-state index in [9.17, 15) is 0 Å². The fourth-order valence-corrected chi connectivity index (χ4v) is 3.94. The van der Waals surface area contributed by atoms with Crippen LogP contribution >= 0.6 is 35.3 Å². The first kappa shape index (κ1) is 22.6. The normalized spacial score (nSPS) is 16.1. The molecule has 0 aromatic carbocycles. The van der Waals surface area contributed by atoms with Crippen LogP contribution in [0.2, 0.25) is 0 Å². The highest BCUT2D eigenvalue weighted by atomic mass is 127. The van der Waals surface area contributed by atoms with Gasteiger partial charge < -0.3 is 15.4 Å². The molecule has 1 fully saturated rings. The van der Waals surface area contributed by atoms with E-state index in [4.69, 9.17) is 9.73 Å². The van der Waals surface area contributed by atoms with Crippen molar-refractivity contribution in [1.29, 1.82) is 0 Å². The number of hydrogen-bond donors (Lipinski definition) is 2. The van der Waals surface area contributed by atoms with E-state index in [-0.39, 0.29) is 24.0 Å². The number of aliphatic imine (C=N–C) groups is 1. The lowest BCUT2D eigenvalue weighted by atomic mass is 9.67. The average molecular weight is 480 g/mol. The van der Waals surface area contributed by atoms with Gasteiger partial charge in [-0.2, -0.15) is 0 Å². The number of methoxy groups -OCH3 is 1. The summed E-state index contributed by atoms with van der Waals surface area (Å²) in [5.74, 6) is 0.922. The van der Waals surface area contributed by atoms with Crippen LogP contribution in [0.15, 0.2) is 4.99 Å². The third-order valence-corrected chi connectivity index (χ3v) is 6.00. The van der Waals surface area contributed by atoms with Gasteiger partial charge >= 0.3 is 0 Å². The van der Waals surface area contributed by atoms with E-state index in [0.717, 1.165) is 50.7 Å². The molecule has 0 radical (unpaired) electrons. The first-order valence-electron chi connectivity index (χ1n) is 9.02. The smallest absolute Gasteiger partial charge is 0.191 e. The summed E-state index contributed by atoms with van der Waals surface area (Å²) in [6.07, 6.45) is 5.93. The van der Waals surface area contributed by atoms with Crippen molar-refractivity contribution in [3.8, 4) is 0 Å². The Morgan fingerprint density at radius 1 is 1.32 bits per heavy atom. The van der Waals surface area contributed by atoms with E-state index in [0.29, 0.717) is 5.41 Å². The Kier molecular flexibility index (Phi) is 10.3. The number of aryl methyl sites for hydroxylation is 2. The molecule has 0 unspecified atom stereocenters. The van der Waals surface area contributed by atoms with Crippen molar-refractivity contribution in [2.45, 2.75) is 52.9 Å². The molecule has 1 aromatic rings. The monoisotopic (exact) mass is 480 g/mol. The Morgan fingerprint density at radius 3 is 2.60 bits per heavy atom. The van der Waals surface area contributed by atoms with Gasteiger partial charge in [0.25, 0.3) is 0 Å². The van der Waals surface area contributed by atoms with Gasteiger partial charge in [0.15, 0.2) is 5.96 Å². The van der Waals surface area contributed by atoms with Crippen molar-refractivity contribution in [1.82, 2.24) is 15.6 Å². The molecule has 0 saturated heterocycles. The van der Waals surface area contributed by atoms with Crippen molar-refractivity contribution in [2.75, 3.05) is 33.4 Å². The molecule has 0 amide bonds. The molecule has 144 valence electrons. The molecule has 7 heteroatoms. The minimum Gasteiger partial charge on any atom is -0.385 e. The van der Waals surface area contributed by atoms with Crippen LogP contribution in [0.25, 0.3) is 0 Å². The van der Waals surface area contributed by atoms with E-state index >= 15 is 0 Å². The van der Waals surface area contributed by atoms with Gasteiger partial charge in [0.05, 0.1) is 10.7 Å². The molecule has 1 saturated carbocycles. The molecule has 0 bridgehead atoms. The minimum atomic E-state index is 0. The molecule has 1 aliphatic carbocycles. The fourth-order valence-electron chi connectivity index (χ4n) is 3.00. The van der Waals surface area contributed by atoms with Gasteiger partial charge in [0.2, 0.25) is 0 Å². The van der Waals surface area contributed by atoms with Gasteiger partial charge in [0.1, 0.15) is 0 Å². The molecular formula is C18H33IN4OS. The largest absolute Gasteiger partial charge is 0.385 e. The lowest BCUT2D eigenvalue weighted by Crippen LogP contribution is -2.41. The molecule has 2 rings (SSSR count). The quantitative estimate of drug-likeness (QED) is 0.322. The first-order valence-corrected chi connectivity index (χ1v) is 9.84. The van der Waals surface area contributed by atoms with E-state index in [1.165, 1.54) is 29.1 Å². The molecule has 0 spiro atoms. The Labute approximate surface area is 173 Å². The van der Waals surface area contributed by atoms with Crippen molar-refractivity contribution in [2.24, 2.45) is 10.4 Å². The highest BCUT2D eigenvalue weighted by molar-refractivity contribution is 14.0. The number of ether oxygens (including phenoxy) is 1. The second kappa shape index (κ2) is 11.3. The van der Waals surface area contributed by atoms with Crippen LogP contribution in [0.5, 0.6) is 0 Å². The maximum atomic E-state index is 5.27. The fraction of sp³-hybridized carbons (Fsp3) is 0.778. The molecule has 1 aromatic heterocycles. The second-order valence-corrected chi connectivity index (χ2v) is 8.01. The zero-order chi connectivity index (χ0) is 17.4. The molecule has 2 N–H and O–H groups in total. The molecule has 1 aliphatic rings. The second-order valence-electron chi connectivity index (χ2n) is 6.72. The molecule has 25 heavy (non-hydrogen) atoms. The summed E-state index contributed by atoms with van der Waals surface area (Å²) >= 11 is 1.79. The third-order valence-electron chi connectivity index (χ3n) is 4.87. The summed E-state index contributed by atoms with van der Waals surface area (Å²) in [6.45, 7) is 9.79. The van der Waals surface area contributed by atoms with Gasteiger partial charge in [-0.25, -0.2) is 4.98 Å². The molecule has 0 atom stereocenters. The summed E-state index contributed by atoms with van der Waals surface area (Å²) < 4.78 is 5.27. The molecule has 1 heterocycles. The van der Waals surface area contributed by atoms with E-state index in [2.05, 4.69) is 36.4 Å². The number of rotatable bonds is 9. The maximum Gasteiger partial charge on any atom is 0.191 e. The van der Waals surface area contributed by atoms with Crippen LogP contribution in [0.3, 0.4) is 0 Å². The maximum absolute atomic E-state index is 5.27. The first-order chi connectivity index (χ1) is 11.6. The lowest BCUT2D eigenvalue weighted by molar-refractivity contribution is 0.0778. The van der Waals surface area contributed by atoms with Crippen molar-refractivity contribution in [3.63, 3.8) is 0 Å². The number of nitrogens with one attached hydrogen (secondary N) is 2. The highest BCUT2D eigenvalue weighted by Crippen LogP contribution is 2.44. The van der Waals surface area contributed by atoms with E-state index in [1.54, 1.807) is 18.4 Å². The van der Waals surface area contributed by atoms with Gasteiger partial charge in [0, 0.05) is 44.6 Å². The Balaban J connectivity index is 0.00000312. The Morgan fingerprint density at radius 2 is 2.08 bits per heavy atom. The van der Waals surface area contributed by atoms with Crippen LogP contribution in [0, 0.1) is 19.3 Å². The van der Waals surface area contributed by atoms with E-state index < -0.39 is 0 Å². The lowest BCUT2D eigenvalue weighted by Gasteiger charge is -2.40. The Bertz CT molecular complexity index is 524. The van der Waals surface area contributed by atoms with Crippen LogP contribution in [-0.2, 0) is 11.2 Å². The molecular weight excluding hydrogens is 447 g/mol. The number of halogens is 1. The van der Waals surface area contributed by atoms with Gasteiger partial charge in [-0.15, -0.1) is 35.3 Å². The van der Waals surface area contributed by atoms with Gasteiger partial charge in [-0.05, 0) is 45.4 Å². The Hall–Kier alpha value is -0.410. The van der Waals surface area contributed by atoms with E-state index in [1.807, 2.05) is 0 Å². The minimum absolute atomic E-state index is 0.